The first kappa shape index (κ1) is 21.0. The number of carbonyl (C=O) groups is 2. The molecule has 0 heterocycles. The highest BCUT2D eigenvalue weighted by atomic mass is 16.4. The van der Waals surface area contributed by atoms with Gasteiger partial charge >= 0.3 is 5.97 Å². The Morgan fingerprint density at radius 1 is 1.13 bits per heavy atom. The summed E-state index contributed by atoms with van der Waals surface area (Å²) in [5, 5.41) is 19.6. The first-order valence-electron chi connectivity index (χ1n) is 12.9. The van der Waals surface area contributed by atoms with Gasteiger partial charge in [-0.2, -0.15) is 0 Å². The third kappa shape index (κ3) is 3.27. The van der Waals surface area contributed by atoms with E-state index in [0.717, 1.165) is 38.5 Å². The molecule has 0 spiro atoms. The van der Waals surface area contributed by atoms with Gasteiger partial charge in [-0.15, -0.1) is 0 Å². The molecule has 0 radical (unpaired) electrons. The van der Waals surface area contributed by atoms with Crippen molar-refractivity contribution in [3.05, 3.63) is 0 Å². The minimum Gasteiger partial charge on any atom is -0.481 e. The van der Waals surface area contributed by atoms with Crippen LogP contribution in [0.1, 0.15) is 93.2 Å². The van der Waals surface area contributed by atoms with Crippen LogP contribution in [0.4, 0.5) is 0 Å². The number of rotatable bonds is 5. The van der Waals surface area contributed by atoms with Crippen LogP contribution in [-0.4, -0.2) is 28.1 Å². The number of aliphatic hydroxyl groups is 1. The number of hydrogen-bond acceptors (Lipinski definition) is 3. The monoisotopic (exact) mass is 419 g/mol. The van der Waals surface area contributed by atoms with E-state index in [-0.39, 0.29) is 41.1 Å². The van der Waals surface area contributed by atoms with E-state index in [2.05, 4.69) is 20.8 Å². The number of ketones is 1. The van der Waals surface area contributed by atoms with Crippen LogP contribution < -0.4 is 0 Å². The lowest BCUT2D eigenvalue weighted by molar-refractivity contribution is -0.173. The molecular weight excluding hydrogens is 376 g/mol. The molecule has 170 valence electrons. The lowest BCUT2D eigenvalue weighted by Gasteiger charge is -2.62. The van der Waals surface area contributed by atoms with Crippen molar-refractivity contribution in [1.82, 2.24) is 0 Å². The van der Waals surface area contributed by atoms with Crippen molar-refractivity contribution in [2.75, 3.05) is 0 Å². The summed E-state index contributed by atoms with van der Waals surface area (Å²) in [6, 6.07) is 0. The molecule has 0 aromatic rings. The molecule has 0 saturated heterocycles. The number of carbonyl (C=O) groups excluding carboxylic acids is 1. The van der Waals surface area contributed by atoms with Crippen molar-refractivity contribution >= 4 is 11.8 Å². The van der Waals surface area contributed by atoms with E-state index < -0.39 is 12.4 Å². The van der Waals surface area contributed by atoms with Gasteiger partial charge in [0.2, 0.25) is 0 Å². The number of fused-ring (bicyclic) bond motifs is 5. The fraction of sp³-hybridized carbons (Fsp3) is 0.923. The summed E-state index contributed by atoms with van der Waals surface area (Å²) in [6.07, 6.45) is 7.00. The highest BCUT2D eigenvalue weighted by Crippen LogP contribution is 2.68. The summed E-state index contributed by atoms with van der Waals surface area (Å²) >= 11 is 0. The third-order valence-corrected chi connectivity index (χ3v) is 10.5. The molecule has 30 heavy (non-hydrogen) atoms. The molecule has 4 aliphatic carbocycles. The molecule has 11 atom stereocenters. The summed E-state index contributed by atoms with van der Waals surface area (Å²) in [6.45, 7) is 8.84. The Morgan fingerprint density at radius 3 is 2.47 bits per heavy atom. The number of aliphatic carboxylic acids is 1. The zero-order chi connectivity index (χ0) is 22.7. The van der Waals surface area contributed by atoms with Gasteiger partial charge in [0, 0.05) is 19.6 Å². The number of carboxylic acid groups (broad SMARTS) is 1. The topological polar surface area (TPSA) is 74.6 Å². The number of aliphatic hydroxyl groups excluding tert-OH is 1. The molecule has 4 nitrogen and oxygen atoms in total. The van der Waals surface area contributed by atoms with E-state index in [1.807, 2.05) is 6.92 Å². The summed E-state index contributed by atoms with van der Waals surface area (Å²) in [7, 11) is 0. The van der Waals surface area contributed by atoms with E-state index in [1.54, 1.807) is 0 Å². The second-order valence-electron chi connectivity index (χ2n) is 11.7. The molecule has 4 heteroatoms. The average Bonchev–Trinajstić information content (AvgIpc) is 3.04. The summed E-state index contributed by atoms with van der Waals surface area (Å²) in [5.74, 6) is 1.10. The Labute approximate surface area is 183 Å². The zero-order valence-electron chi connectivity index (χ0n) is 20.3. The van der Waals surface area contributed by atoms with Crippen molar-refractivity contribution in [3.8, 4) is 0 Å². The molecule has 4 fully saturated rings. The molecule has 4 saturated carbocycles. The van der Waals surface area contributed by atoms with Crippen molar-refractivity contribution in [3.63, 3.8) is 0 Å². The summed E-state index contributed by atoms with van der Waals surface area (Å²) in [4.78, 5) is 25.1. The number of Topliss-reactive ketones (excluding diaryl/α,β-unsaturated/α-hetero) is 1. The van der Waals surface area contributed by atoms with Crippen LogP contribution in [0.15, 0.2) is 0 Å². The van der Waals surface area contributed by atoms with Gasteiger partial charge in [-0.1, -0.05) is 27.7 Å². The van der Waals surface area contributed by atoms with Crippen molar-refractivity contribution in [2.45, 2.75) is 98.0 Å². The molecule has 0 bridgehead atoms. The molecule has 2 N–H and O–H groups in total. The van der Waals surface area contributed by atoms with Gasteiger partial charge in [-0.3, -0.25) is 9.59 Å². The van der Waals surface area contributed by atoms with E-state index in [1.165, 1.54) is 0 Å². The van der Waals surface area contributed by atoms with Crippen molar-refractivity contribution in [1.29, 1.82) is 0 Å². The Kier molecular flexibility index (Phi) is 5.52. The predicted octanol–water partition coefficient (Wildman–Crippen LogP) is 5.32. The highest BCUT2D eigenvalue weighted by Gasteiger charge is 2.65. The van der Waals surface area contributed by atoms with E-state index in [9.17, 15) is 14.7 Å². The smallest absolute Gasteiger partial charge is 0.303 e. The maximum absolute atomic E-state index is 14.0. The molecule has 0 aliphatic heterocycles. The molecule has 4 rings (SSSR count). The van der Waals surface area contributed by atoms with Crippen LogP contribution in [0.25, 0.3) is 0 Å². The van der Waals surface area contributed by atoms with Crippen molar-refractivity contribution < 1.29 is 21.2 Å². The van der Waals surface area contributed by atoms with Gasteiger partial charge in [0.1, 0.15) is 5.78 Å². The quantitative estimate of drug-likeness (QED) is 0.632. The molecular formula is C26H42O4. The minimum absolute atomic E-state index is 0.0460. The Bertz CT molecular complexity index is 722. The fourth-order valence-corrected chi connectivity index (χ4v) is 8.98. The van der Waals surface area contributed by atoms with Gasteiger partial charge in [-0.25, -0.2) is 0 Å². The Morgan fingerprint density at radius 2 is 1.80 bits per heavy atom. The first-order chi connectivity index (χ1) is 14.5. The SMILES string of the molecule is [2H]C(C)[C@H]1C(=O)C2C3CC[C@H]([C@H](C)CCC(=O)O)[C@@]3(C)CCC2[C@@]2(C)CC[C@@H](O)C[C@@H]12. The van der Waals surface area contributed by atoms with E-state index >= 15 is 0 Å². The van der Waals surface area contributed by atoms with Gasteiger partial charge in [-0.05, 0) is 98.2 Å². The van der Waals surface area contributed by atoms with Gasteiger partial charge in [0.05, 0.1) is 6.10 Å². The Hall–Kier alpha value is -0.900. The van der Waals surface area contributed by atoms with Crippen molar-refractivity contribution in [2.24, 2.45) is 52.3 Å². The van der Waals surface area contributed by atoms with E-state index in [4.69, 9.17) is 6.48 Å². The van der Waals surface area contributed by atoms with Crippen LogP contribution in [0.3, 0.4) is 0 Å². The zero-order valence-corrected chi connectivity index (χ0v) is 19.3. The van der Waals surface area contributed by atoms with Gasteiger partial charge in [0.25, 0.3) is 0 Å². The number of carboxylic acids is 1. The lowest BCUT2D eigenvalue weighted by atomic mass is 9.42. The van der Waals surface area contributed by atoms with Crippen LogP contribution in [0, 0.1) is 52.3 Å². The summed E-state index contributed by atoms with van der Waals surface area (Å²) in [5.41, 5.74) is 0.147. The largest absolute Gasteiger partial charge is 0.481 e. The van der Waals surface area contributed by atoms with Crippen LogP contribution >= 0.6 is 0 Å². The van der Waals surface area contributed by atoms with Crippen LogP contribution in [-0.2, 0) is 9.59 Å². The van der Waals surface area contributed by atoms with Gasteiger partial charge < -0.3 is 10.2 Å². The standard InChI is InChI=1S/C26H42O4/c1-5-17-21-14-16(27)10-12-26(21,4)20-11-13-25(3)18(15(2)6-9-22(28)29)7-8-19(25)23(20)24(17)30/h15-21,23,27H,5-14H2,1-4H3,(H,28,29)/t15-,16-,17-,18-,19?,20?,21+,23?,25-,26-/m1/s1/i5D/t5?,15-,16-,17-,18-,19?,20?,21+,23?,25-,26-. The third-order valence-electron chi connectivity index (χ3n) is 10.5. The minimum atomic E-state index is -0.719. The van der Waals surface area contributed by atoms with E-state index in [0.29, 0.717) is 42.3 Å². The predicted molar refractivity (Wildman–Crippen MR) is 117 cm³/mol. The average molecular weight is 420 g/mol. The first-order valence-corrected chi connectivity index (χ1v) is 12.4. The molecule has 4 unspecified atom stereocenters. The maximum Gasteiger partial charge on any atom is 0.303 e. The number of hydrogen-bond donors (Lipinski definition) is 2. The highest BCUT2D eigenvalue weighted by molar-refractivity contribution is 5.86. The second-order valence-corrected chi connectivity index (χ2v) is 11.7. The normalized spacial score (nSPS) is 50.6. The molecule has 4 aliphatic rings. The van der Waals surface area contributed by atoms with Crippen LogP contribution in [0.2, 0.25) is 0 Å². The fourth-order valence-electron chi connectivity index (χ4n) is 8.98. The van der Waals surface area contributed by atoms with Gasteiger partial charge in [0.15, 0.2) is 0 Å². The summed E-state index contributed by atoms with van der Waals surface area (Å²) < 4.78 is 8.57. The molecule has 0 aromatic carbocycles. The maximum atomic E-state index is 14.0. The lowest BCUT2D eigenvalue weighted by Crippen LogP contribution is -2.60. The molecule has 0 aromatic heterocycles. The van der Waals surface area contributed by atoms with Crippen LogP contribution in [0.5, 0.6) is 0 Å². The second kappa shape index (κ2) is 7.90. The molecule has 0 amide bonds. The Balaban J connectivity index is 1.65.